The minimum atomic E-state index is -0.700. The van der Waals surface area contributed by atoms with Gasteiger partial charge in [-0.25, -0.2) is 0 Å². The lowest BCUT2D eigenvalue weighted by atomic mass is 9.52. The van der Waals surface area contributed by atoms with E-state index in [1.165, 1.54) is 0 Å². The fourth-order valence-corrected chi connectivity index (χ4v) is 7.81. The fourth-order valence-electron chi connectivity index (χ4n) is 7.81. The van der Waals surface area contributed by atoms with Gasteiger partial charge in [0.1, 0.15) is 11.4 Å². The van der Waals surface area contributed by atoms with Crippen molar-refractivity contribution < 1.29 is 24.5 Å². The van der Waals surface area contributed by atoms with Gasteiger partial charge in [-0.1, -0.05) is 13.8 Å². The quantitative estimate of drug-likeness (QED) is 0.521. The van der Waals surface area contributed by atoms with Crippen LogP contribution in [-0.4, -0.2) is 58.4 Å². The topological polar surface area (TPSA) is 112 Å². The molecule has 1 aliphatic heterocycles. The molecule has 7 rings (SSSR count). The summed E-state index contributed by atoms with van der Waals surface area (Å²) in [6.45, 7) is 6.12. The molecule has 8 nitrogen and oxygen atoms in total. The standard InChI is InChI=1S/C27H37N3O5/c1-14(2)5-6-35-25-18(3-4-21(28-25)30-12-19-20(13-30)22(19)26(32)33)24(31)29-23-16-7-15-8-17(23)11-27(34,9-15)10-16/h3-4,14-17,19-20,22-23,34H,5-13H2,1-2H3,(H,29,31)(H,32,33)/t15?,16?,17?,19-,20+,22?,23?,27?. The van der Waals surface area contributed by atoms with Gasteiger partial charge in [0.15, 0.2) is 0 Å². The van der Waals surface area contributed by atoms with Crippen LogP contribution in [-0.2, 0) is 4.79 Å². The summed E-state index contributed by atoms with van der Waals surface area (Å²) in [7, 11) is 0. The number of piperidine rings is 1. The Morgan fingerprint density at radius 2 is 1.86 bits per heavy atom. The molecule has 0 aromatic carbocycles. The molecule has 5 atom stereocenters. The van der Waals surface area contributed by atoms with Crippen molar-refractivity contribution in [2.24, 2.45) is 41.4 Å². The van der Waals surface area contributed by atoms with Crippen LogP contribution in [0, 0.1) is 41.4 Å². The summed E-state index contributed by atoms with van der Waals surface area (Å²) >= 11 is 0. The number of fused-ring (bicyclic) bond motifs is 1. The Morgan fingerprint density at radius 1 is 1.17 bits per heavy atom. The molecule has 1 amide bonds. The van der Waals surface area contributed by atoms with Gasteiger partial charge < -0.3 is 25.2 Å². The van der Waals surface area contributed by atoms with Crippen LogP contribution in [0.1, 0.15) is 62.7 Å². The third kappa shape index (κ3) is 4.17. The maximum Gasteiger partial charge on any atom is 0.307 e. The second-order valence-corrected chi connectivity index (χ2v) is 12.3. The van der Waals surface area contributed by atoms with Gasteiger partial charge in [-0.05, 0) is 86.2 Å². The first-order valence-corrected chi connectivity index (χ1v) is 13.4. The number of hydrogen-bond donors (Lipinski definition) is 3. The number of rotatable bonds is 8. The number of carboxylic acids is 1. The number of anilines is 1. The zero-order valence-corrected chi connectivity index (χ0v) is 20.7. The Labute approximate surface area is 206 Å². The van der Waals surface area contributed by atoms with Crippen LogP contribution in [0.25, 0.3) is 0 Å². The summed E-state index contributed by atoms with van der Waals surface area (Å²) in [5.41, 5.74) is -0.0694. The SMILES string of the molecule is CC(C)CCOc1nc(N2C[C@@H]3C(C(=O)O)[C@@H]3C2)ccc1C(=O)NC1C2CC3CC1CC(O)(C3)C2. The molecule has 5 saturated carbocycles. The second-order valence-electron chi connectivity index (χ2n) is 12.3. The Hall–Kier alpha value is -2.35. The first kappa shape index (κ1) is 23.1. The van der Waals surface area contributed by atoms with E-state index in [9.17, 15) is 19.8 Å². The molecular formula is C27H37N3O5. The Morgan fingerprint density at radius 3 is 2.46 bits per heavy atom. The summed E-state index contributed by atoms with van der Waals surface area (Å²) in [6, 6.07) is 3.77. The van der Waals surface area contributed by atoms with Gasteiger partial charge in [0.2, 0.25) is 5.88 Å². The summed E-state index contributed by atoms with van der Waals surface area (Å²) in [5, 5.41) is 23.5. The maximum absolute atomic E-state index is 13.5. The molecule has 0 radical (unpaired) electrons. The minimum absolute atomic E-state index is 0.0983. The molecule has 35 heavy (non-hydrogen) atoms. The smallest absolute Gasteiger partial charge is 0.307 e. The first-order chi connectivity index (χ1) is 16.7. The number of aromatic nitrogens is 1. The maximum atomic E-state index is 13.5. The van der Waals surface area contributed by atoms with Gasteiger partial charge in [-0.3, -0.25) is 9.59 Å². The Balaban J connectivity index is 1.18. The van der Waals surface area contributed by atoms with E-state index in [1.807, 2.05) is 12.1 Å². The van der Waals surface area contributed by atoms with Crippen molar-refractivity contribution in [3.63, 3.8) is 0 Å². The van der Waals surface area contributed by atoms with Crippen LogP contribution in [0.2, 0.25) is 0 Å². The van der Waals surface area contributed by atoms with E-state index in [1.54, 1.807) is 0 Å². The van der Waals surface area contributed by atoms with Crippen LogP contribution < -0.4 is 15.0 Å². The first-order valence-electron chi connectivity index (χ1n) is 13.4. The average Bonchev–Trinajstić information content (AvgIpc) is 3.29. The summed E-state index contributed by atoms with van der Waals surface area (Å²) in [5.74, 6) is 2.16. The van der Waals surface area contributed by atoms with Crippen molar-refractivity contribution in [2.45, 2.75) is 64.0 Å². The molecule has 6 aliphatic rings. The molecular weight excluding hydrogens is 446 g/mol. The third-order valence-electron chi connectivity index (χ3n) is 9.37. The van der Waals surface area contributed by atoms with E-state index < -0.39 is 11.6 Å². The van der Waals surface area contributed by atoms with E-state index in [-0.39, 0.29) is 29.7 Å². The molecule has 3 unspecified atom stereocenters. The molecule has 8 heteroatoms. The molecule has 1 aromatic heterocycles. The normalized spacial score (nSPS) is 38.5. The van der Waals surface area contributed by atoms with Gasteiger partial charge in [-0.2, -0.15) is 4.98 Å². The molecule has 0 spiro atoms. The zero-order chi connectivity index (χ0) is 24.5. The lowest BCUT2D eigenvalue weighted by Gasteiger charge is -2.58. The molecule has 6 fully saturated rings. The number of nitrogens with zero attached hydrogens (tertiary/aromatic N) is 2. The van der Waals surface area contributed by atoms with Crippen molar-refractivity contribution in [1.29, 1.82) is 0 Å². The number of carbonyl (C=O) groups is 2. The molecule has 190 valence electrons. The second kappa shape index (κ2) is 8.36. The number of aliphatic carboxylic acids is 1. The van der Waals surface area contributed by atoms with Gasteiger partial charge >= 0.3 is 5.97 Å². The van der Waals surface area contributed by atoms with Crippen LogP contribution >= 0.6 is 0 Å². The highest BCUT2D eigenvalue weighted by Crippen LogP contribution is 2.56. The van der Waals surface area contributed by atoms with Crippen molar-refractivity contribution in [3.8, 4) is 5.88 Å². The summed E-state index contributed by atoms with van der Waals surface area (Å²) < 4.78 is 6.06. The van der Waals surface area contributed by atoms with Crippen LogP contribution in [0.5, 0.6) is 5.88 Å². The molecule has 1 aromatic rings. The fraction of sp³-hybridized carbons (Fsp3) is 0.741. The third-order valence-corrected chi connectivity index (χ3v) is 9.37. The van der Waals surface area contributed by atoms with E-state index in [0.29, 0.717) is 54.8 Å². The highest BCUT2D eigenvalue weighted by molar-refractivity contribution is 5.97. The number of nitrogens with one attached hydrogen (secondary N) is 1. The average molecular weight is 484 g/mol. The number of hydrogen-bond acceptors (Lipinski definition) is 6. The molecule has 3 N–H and O–H groups in total. The number of ether oxygens (including phenoxy) is 1. The van der Waals surface area contributed by atoms with Crippen molar-refractivity contribution >= 4 is 17.7 Å². The predicted octanol–water partition coefficient (Wildman–Crippen LogP) is 2.94. The van der Waals surface area contributed by atoms with Crippen LogP contribution in [0.15, 0.2) is 12.1 Å². The molecule has 1 saturated heterocycles. The number of amides is 1. The van der Waals surface area contributed by atoms with Crippen molar-refractivity contribution in [1.82, 2.24) is 10.3 Å². The van der Waals surface area contributed by atoms with Gasteiger partial charge in [-0.15, -0.1) is 0 Å². The largest absolute Gasteiger partial charge is 0.481 e. The summed E-state index contributed by atoms with van der Waals surface area (Å²) in [4.78, 5) is 31.7. The van der Waals surface area contributed by atoms with E-state index in [4.69, 9.17) is 9.72 Å². The summed E-state index contributed by atoms with van der Waals surface area (Å²) in [6.07, 6.45) is 5.54. The number of aliphatic hydroxyl groups is 1. The van der Waals surface area contributed by atoms with Crippen molar-refractivity contribution in [3.05, 3.63) is 17.7 Å². The minimum Gasteiger partial charge on any atom is -0.481 e. The van der Waals surface area contributed by atoms with Gasteiger partial charge in [0.25, 0.3) is 5.91 Å². The van der Waals surface area contributed by atoms with Gasteiger partial charge in [0.05, 0.1) is 18.1 Å². The predicted molar refractivity (Wildman–Crippen MR) is 129 cm³/mol. The molecule has 2 heterocycles. The van der Waals surface area contributed by atoms with Crippen molar-refractivity contribution in [2.75, 3.05) is 24.6 Å². The highest BCUT2D eigenvalue weighted by atomic mass is 16.5. The van der Waals surface area contributed by atoms with Crippen LogP contribution in [0.4, 0.5) is 5.82 Å². The molecule has 5 aliphatic carbocycles. The molecule has 4 bridgehead atoms. The Kier molecular flexibility index (Phi) is 5.51. The highest BCUT2D eigenvalue weighted by Gasteiger charge is 2.60. The van der Waals surface area contributed by atoms with E-state index in [0.717, 1.165) is 44.3 Å². The number of carbonyl (C=O) groups excluding carboxylic acids is 1. The Bertz CT molecular complexity index is 1000. The number of pyridine rings is 1. The number of carboxylic acid groups (broad SMARTS) is 1. The van der Waals surface area contributed by atoms with E-state index >= 15 is 0 Å². The zero-order valence-electron chi connectivity index (χ0n) is 20.7. The van der Waals surface area contributed by atoms with Gasteiger partial charge in [0, 0.05) is 19.1 Å². The lowest BCUT2D eigenvalue weighted by molar-refractivity contribution is -0.139. The monoisotopic (exact) mass is 483 g/mol. The van der Waals surface area contributed by atoms with E-state index in [2.05, 4.69) is 24.1 Å². The lowest BCUT2D eigenvalue weighted by Crippen LogP contribution is -2.61. The van der Waals surface area contributed by atoms with Crippen LogP contribution in [0.3, 0.4) is 0 Å².